The molecule has 2 heterocycles. The lowest BCUT2D eigenvalue weighted by Crippen LogP contribution is -2.35. The monoisotopic (exact) mass is 347 g/mol. The summed E-state index contributed by atoms with van der Waals surface area (Å²) in [6.07, 6.45) is 9.19. The minimum absolute atomic E-state index is 0.0285. The first-order chi connectivity index (χ1) is 11.7. The molecule has 0 atom stereocenters. The van der Waals surface area contributed by atoms with Gasteiger partial charge >= 0.3 is 0 Å². The first-order valence-corrected chi connectivity index (χ1v) is 8.77. The number of hydrogen-bond donors (Lipinski definition) is 1. The van der Waals surface area contributed by atoms with E-state index in [0.717, 1.165) is 31.6 Å². The summed E-state index contributed by atoms with van der Waals surface area (Å²) in [6, 6.07) is 5.33. The molecule has 1 fully saturated rings. The number of halogens is 1. The normalized spacial score (nSPS) is 16.4. The quantitative estimate of drug-likeness (QED) is 0.923. The molecule has 0 spiro atoms. The van der Waals surface area contributed by atoms with Crippen LogP contribution in [0.25, 0.3) is 5.69 Å². The van der Waals surface area contributed by atoms with Crippen LogP contribution in [0.2, 0.25) is 5.02 Å². The van der Waals surface area contributed by atoms with E-state index in [-0.39, 0.29) is 5.91 Å². The Bertz CT molecular complexity index is 666. The standard InChI is InChI=1S/C17H22ClN5O/c18-14-6-7-16(23-13-19-12-20-23)15(10-14)21-17(24)11-22-8-4-2-1-3-5-9-22/h6-7,10,12-13H,1-5,8-9,11H2,(H,21,24). The highest BCUT2D eigenvalue weighted by Gasteiger charge is 2.14. The van der Waals surface area contributed by atoms with Crippen molar-refractivity contribution in [3.63, 3.8) is 0 Å². The number of anilines is 1. The van der Waals surface area contributed by atoms with Gasteiger partial charge in [-0.3, -0.25) is 9.69 Å². The van der Waals surface area contributed by atoms with Crippen LogP contribution in [0.3, 0.4) is 0 Å². The number of nitrogens with zero attached hydrogens (tertiary/aromatic N) is 4. The van der Waals surface area contributed by atoms with E-state index < -0.39 is 0 Å². The van der Waals surface area contributed by atoms with Crippen LogP contribution in [0.4, 0.5) is 5.69 Å². The van der Waals surface area contributed by atoms with Crippen LogP contribution >= 0.6 is 11.6 Å². The summed E-state index contributed by atoms with van der Waals surface area (Å²) in [5, 5.41) is 7.66. The molecule has 0 bridgehead atoms. The van der Waals surface area contributed by atoms with Gasteiger partial charge in [0.25, 0.3) is 0 Å². The fraction of sp³-hybridized carbons (Fsp3) is 0.471. The van der Waals surface area contributed by atoms with Gasteiger partial charge in [0.05, 0.1) is 17.9 Å². The Labute approximate surface area is 146 Å². The van der Waals surface area contributed by atoms with Crippen LogP contribution in [-0.2, 0) is 4.79 Å². The average molecular weight is 348 g/mol. The zero-order chi connectivity index (χ0) is 16.8. The van der Waals surface area contributed by atoms with Gasteiger partial charge in [0, 0.05) is 5.02 Å². The summed E-state index contributed by atoms with van der Waals surface area (Å²) in [7, 11) is 0. The predicted octanol–water partition coefficient (Wildman–Crippen LogP) is 3.13. The molecule has 0 radical (unpaired) electrons. The molecule has 3 rings (SSSR count). The van der Waals surface area contributed by atoms with E-state index in [9.17, 15) is 4.79 Å². The number of nitrogens with one attached hydrogen (secondary N) is 1. The Kier molecular flexibility index (Phi) is 5.82. The third-order valence-corrected chi connectivity index (χ3v) is 4.45. The van der Waals surface area contributed by atoms with Crippen LogP contribution in [0.15, 0.2) is 30.9 Å². The third-order valence-electron chi connectivity index (χ3n) is 4.21. The highest BCUT2D eigenvalue weighted by Crippen LogP contribution is 2.24. The van der Waals surface area contributed by atoms with Gasteiger partial charge in [-0.2, -0.15) is 5.10 Å². The molecule has 1 aliphatic rings. The zero-order valence-corrected chi connectivity index (χ0v) is 14.4. The molecular weight excluding hydrogens is 326 g/mol. The molecule has 1 aromatic heterocycles. The largest absolute Gasteiger partial charge is 0.323 e. The second-order valence-electron chi connectivity index (χ2n) is 6.09. The Morgan fingerprint density at radius 1 is 1.17 bits per heavy atom. The predicted molar refractivity (Wildman–Crippen MR) is 94.5 cm³/mol. The van der Waals surface area contributed by atoms with Crippen molar-refractivity contribution in [2.75, 3.05) is 25.0 Å². The van der Waals surface area contributed by atoms with Crippen molar-refractivity contribution in [1.82, 2.24) is 19.7 Å². The summed E-state index contributed by atoms with van der Waals surface area (Å²) < 4.78 is 1.61. The molecule has 6 nitrogen and oxygen atoms in total. The highest BCUT2D eigenvalue weighted by atomic mass is 35.5. The lowest BCUT2D eigenvalue weighted by Gasteiger charge is -2.24. The maximum absolute atomic E-state index is 12.5. The van der Waals surface area contributed by atoms with Crippen molar-refractivity contribution >= 4 is 23.2 Å². The minimum atomic E-state index is -0.0285. The first kappa shape index (κ1) is 16.9. The fourth-order valence-corrected chi connectivity index (χ4v) is 3.18. The second kappa shape index (κ2) is 8.26. The van der Waals surface area contributed by atoms with E-state index in [4.69, 9.17) is 11.6 Å². The van der Waals surface area contributed by atoms with E-state index in [2.05, 4.69) is 20.3 Å². The fourth-order valence-electron chi connectivity index (χ4n) is 3.00. The van der Waals surface area contributed by atoms with Gasteiger partial charge in [-0.05, 0) is 44.1 Å². The number of benzene rings is 1. The molecule has 1 aliphatic heterocycles. The second-order valence-corrected chi connectivity index (χ2v) is 6.53. The van der Waals surface area contributed by atoms with Crippen LogP contribution in [0, 0.1) is 0 Å². The molecule has 1 amide bonds. The summed E-state index contributed by atoms with van der Waals surface area (Å²) >= 11 is 6.09. The van der Waals surface area contributed by atoms with E-state index in [1.807, 2.05) is 6.07 Å². The van der Waals surface area contributed by atoms with Crippen LogP contribution in [-0.4, -0.2) is 45.2 Å². The van der Waals surface area contributed by atoms with Crippen molar-refractivity contribution in [2.24, 2.45) is 0 Å². The molecular formula is C17H22ClN5O. The lowest BCUT2D eigenvalue weighted by atomic mass is 10.1. The van der Waals surface area contributed by atoms with Gasteiger partial charge in [0.2, 0.25) is 5.91 Å². The van der Waals surface area contributed by atoms with Crippen molar-refractivity contribution in [1.29, 1.82) is 0 Å². The van der Waals surface area contributed by atoms with Gasteiger partial charge in [0.1, 0.15) is 12.7 Å². The van der Waals surface area contributed by atoms with Gasteiger partial charge < -0.3 is 5.32 Å². The van der Waals surface area contributed by atoms with Gasteiger partial charge in [-0.25, -0.2) is 9.67 Å². The van der Waals surface area contributed by atoms with Crippen LogP contribution in [0.1, 0.15) is 32.1 Å². The van der Waals surface area contributed by atoms with E-state index in [1.54, 1.807) is 23.1 Å². The van der Waals surface area contributed by atoms with Crippen molar-refractivity contribution in [2.45, 2.75) is 32.1 Å². The summed E-state index contributed by atoms with van der Waals surface area (Å²) in [4.78, 5) is 18.7. The first-order valence-electron chi connectivity index (χ1n) is 8.39. The molecule has 0 saturated carbocycles. The van der Waals surface area contributed by atoms with Gasteiger partial charge in [-0.1, -0.05) is 30.9 Å². The van der Waals surface area contributed by atoms with Crippen molar-refractivity contribution in [3.8, 4) is 5.69 Å². The number of carbonyl (C=O) groups excluding carboxylic acids is 1. The number of aromatic nitrogens is 3. The average Bonchev–Trinajstić information content (AvgIpc) is 3.04. The molecule has 128 valence electrons. The Balaban J connectivity index is 1.68. The number of rotatable bonds is 4. The molecule has 2 aromatic rings. The number of hydrogen-bond acceptors (Lipinski definition) is 4. The summed E-state index contributed by atoms with van der Waals surface area (Å²) in [6.45, 7) is 2.38. The molecule has 7 heteroatoms. The molecule has 24 heavy (non-hydrogen) atoms. The molecule has 1 N–H and O–H groups in total. The number of carbonyl (C=O) groups is 1. The third kappa shape index (κ3) is 4.55. The molecule has 0 unspecified atom stereocenters. The highest BCUT2D eigenvalue weighted by molar-refractivity contribution is 6.31. The maximum atomic E-state index is 12.5. The summed E-state index contributed by atoms with van der Waals surface area (Å²) in [5.41, 5.74) is 1.39. The van der Waals surface area contributed by atoms with Crippen LogP contribution in [0.5, 0.6) is 0 Å². The number of amides is 1. The van der Waals surface area contributed by atoms with Crippen molar-refractivity contribution < 1.29 is 4.79 Å². The van der Waals surface area contributed by atoms with E-state index in [1.165, 1.54) is 25.6 Å². The van der Waals surface area contributed by atoms with E-state index >= 15 is 0 Å². The van der Waals surface area contributed by atoms with Crippen LogP contribution < -0.4 is 5.32 Å². The lowest BCUT2D eigenvalue weighted by molar-refractivity contribution is -0.117. The molecule has 1 aromatic carbocycles. The SMILES string of the molecule is O=C(CN1CCCCCCC1)Nc1cc(Cl)ccc1-n1cncn1. The Morgan fingerprint density at radius 3 is 2.62 bits per heavy atom. The maximum Gasteiger partial charge on any atom is 0.238 e. The Morgan fingerprint density at radius 2 is 1.92 bits per heavy atom. The minimum Gasteiger partial charge on any atom is -0.323 e. The number of likely N-dealkylation sites (tertiary alicyclic amines) is 1. The molecule has 0 aliphatic carbocycles. The Hall–Kier alpha value is -1.92. The smallest absolute Gasteiger partial charge is 0.238 e. The van der Waals surface area contributed by atoms with Gasteiger partial charge in [0.15, 0.2) is 0 Å². The molecule has 1 saturated heterocycles. The topological polar surface area (TPSA) is 63.1 Å². The summed E-state index contributed by atoms with van der Waals surface area (Å²) in [5.74, 6) is -0.0285. The van der Waals surface area contributed by atoms with E-state index in [0.29, 0.717) is 17.3 Å². The van der Waals surface area contributed by atoms with Gasteiger partial charge in [-0.15, -0.1) is 0 Å². The zero-order valence-electron chi connectivity index (χ0n) is 13.6. The van der Waals surface area contributed by atoms with Crippen molar-refractivity contribution in [3.05, 3.63) is 35.9 Å².